The fraction of sp³-hybridized carbons (Fsp3) is 0. The Morgan fingerprint density at radius 3 is 2.71 bits per heavy atom. The van der Waals surface area contributed by atoms with Crippen molar-refractivity contribution in [3.8, 4) is 10.7 Å². The summed E-state index contributed by atoms with van der Waals surface area (Å²) in [6.45, 7) is 0. The van der Waals surface area contributed by atoms with Crippen LogP contribution in [-0.2, 0) is 0 Å². The fourth-order valence-electron chi connectivity index (χ4n) is 2.42. The lowest BCUT2D eigenvalue weighted by atomic mass is 10.2. The van der Waals surface area contributed by atoms with Crippen molar-refractivity contribution in [3.05, 3.63) is 69.1 Å². The van der Waals surface area contributed by atoms with Gasteiger partial charge < -0.3 is 10.3 Å². The van der Waals surface area contributed by atoms with Crippen LogP contribution < -0.4 is 5.32 Å². The van der Waals surface area contributed by atoms with E-state index in [4.69, 9.17) is 0 Å². The van der Waals surface area contributed by atoms with Crippen LogP contribution in [0.5, 0.6) is 0 Å². The molecular weight excluding hydrogens is 433 g/mol. The Bertz CT molecular complexity index is 1010. The number of amides is 1. The third-order valence-corrected chi connectivity index (χ3v) is 5.20. The molecule has 0 bridgehead atoms. The van der Waals surface area contributed by atoms with Crippen molar-refractivity contribution in [1.29, 1.82) is 0 Å². The maximum atomic E-state index is 12.3. The largest absolute Gasteiger partial charge is 0.337 e. The number of hydrogen-bond donors (Lipinski definition) is 2. The molecule has 24 heavy (non-hydrogen) atoms. The lowest BCUT2D eigenvalue weighted by molar-refractivity contribution is 0.102. The number of nitrogens with zero attached hydrogens (tertiary/aromatic N) is 1. The number of H-pyrrole nitrogens is 1. The average Bonchev–Trinajstić information content (AvgIpc) is 3.24. The van der Waals surface area contributed by atoms with Crippen molar-refractivity contribution in [1.82, 2.24) is 9.97 Å². The number of halogens is 1. The predicted octanol–water partition coefficient (Wildman–Crippen LogP) is 5.15. The summed E-state index contributed by atoms with van der Waals surface area (Å²) in [7, 11) is 0. The molecule has 0 aliphatic carbocycles. The topological polar surface area (TPSA) is 57.8 Å². The number of carbonyl (C=O) groups is 1. The van der Waals surface area contributed by atoms with E-state index < -0.39 is 0 Å². The minimum absolute atomic E-state index is 0.122. The van der Waals surface area contributed by atoms with E-state index in [2.05, 4.69) is 37.9 Å². The molecule has 1 amide bonds. The van der Waals surface area contributed by atoms with E-state index in [0.717, 1.165) is 31.0 Å². The molecule has 0 atom stereocenters. The van der Waals surface area contributed by atoms with Crippen molar-refractivity contribution in [2.75, 3.05) is 5.32 Å². The monoisotopic (exact) mass is 445 g/mol. The van der Waals surface area contributed by atoms with Gasteiger partial charge in [-0.25, -0.2) is 4.98 Å². The molecule has 0 aliphatic rings. The van der Waals surface area contributed by atoms with Crippen LogP contribution in [0.15, 0.2) is 60.0 Å². The van der Waals surface area contributed by atoms with Crippen LogP contribution in [0.2, 0.25) is 0 Å². The van der Waals surface area contributed by atoms with Gasteiger partial charge in [0.25, 0.3) is 5.91 Å². The lowest BCUT2D eigenvalue weighted by Gasteiger charge is -2.05. The minimum Gasteiger partial charge on any atom is -0.337 e. The summed E-state index contributed by atoms with van der Waals surface area (Å²) in [5.74, 6) is 0.727. The normalized spacial score (nSPS) is 10.9. The number of anilines is 1. The SMILES string of the molecule is O=C(Nc1ccc2nc(-c3cccs3)[nH]c2c1)c1ccc(I)cc1. The Balaban J connectivity index is 1.60. The van der Waals surface area contributed by atoms with Crippen LogP contribution in [0.4, 0.5) is 5.69 Å². The fourth-order valence-corrected chi connectivity index (χ4v) is 3.45. The van der Waals surface area contributed by atoms with Gasteiger partial charge in [0, 0.05) is 14.8 Å². The minimum atomic E-state index is -0.122. The smallest absolute Gasteiger partial charge is 0.255 e. The molecule has 4 nitrogen and oxygen atoms in total. The zero-order valence-electron chi connectivity index (χ0n) is 12.4. The predicted molar refractivity (Wildman–Crippen MR) is 107 cm³/mol. The Morgan fingerprint density at radius 2 is 1.96 bits per heavy atom. The molecule has 2 N–H and O–H groups in total. The summed E-state index contributed by atoms with van der Waals surface area (Å²) in [6, 6.07) is 17.2. The number of thiophene rings is 1. The molecule has 4 aromatic rings. The first kappa shape index (κ1) is 15.3. The molecule has 0 aliphatic heterocycles. The zero-order chi connectivity index (χ0) is 16.5. The van der Waals surface area contributed by atoms with Gasteiger partial charge in [-0.15, -0.1) is 11.3 Å². The van der Waals surface area contributed by atoms with Crippen LogP contribution in [0, 0.1) is 3.57 Å². The van der Waals surface area contributed by atoms with E-state index in [9.17, 15) is 4.79 Å². The molecule has 4 rings (SSSR count). The van der Waals surface area contributed by atoms with E-state index in [1.54, 1.807) is 11.3 Å². The second-order valence-electron chi connectivity index (χ2n) is 5.26. The number of rotatable bonds is 3. The van der Waals surface area contributed by atoms with Crippen molar-refractivity contribution in [3.63, 3.8) is 0 Å². The number of hydrogen-bond acceptors (Lipinski definition) is 3. The molecule has 0 saturated carbocycles. The van der Waals surface area contributed by atoms with Gasteiger partial charge in [-0.1, -0.05) is 6.07 Å². The molecule has 6 heteroatoms. The summed E-state index contributed by atoms with van der Waals surface area (Å²) in [4.78, 5) is 21.3. The maximum Gasteiger partial charge on any atom is 0.255 e. The number of imidazole rings is 1. The summed E-state index contributed by atoms with van der Waals surface area (Å²) in [5.41, 5.74) is 3.16. The van der Waals surface area contributed by atoms with Gasteiger partial charge in [-0.2, -0.15) is 0 Å². The summed E-state index contributed by atoms with van der Waals surface area (Å²) in [5, 5.41) is 4.95. The van der Waals surface area contributed by atoms with Gasteiger partial charge in [0.05, 0.1) is 15.9 Å². The Hall–Kier alpha value is -2.19. The third kappa shape index (κ3) is 3.07. The van der Waals surface area contributed by atoms with Gasteiger partial charge in [-0.05, 0) is 76.5 Å². The molecule has 2 aromatic carbocycles. The van der Waals surface area contributed by atoms with Crippen molar-refractivity contribution >= 4 is 56.6 Å². The molecular formula is C18H12IN3OS. The number of fused-ring (bicyclic) bond motifs is 1. The molecule has 0 saturated heterocycles. The summed E-state index contributed by atoms with van der Waals surface area (Å²) >= 11 is 3.86. The van der Waals surface area contributed by atoms with Gasteiger partial charge in [-0.3, -0.25) is 4.79 Å². The Labute approximate surface area is 156 Å². The van der Waals surface area contributed by atoms with Gasteiger partial charge in [0.15, 0.2) is 0 Å². The first-order valence-corrected chi connectivity index (χ1v) is 9.25. The number of aromatic nitrogens is 2. The maximum absolute atomic E-state index is 12.3. The second kappa shape index (κ2) is 6.37. The van der Waals surface area contributed by atoms with E-state index in [0.29, 0.717) is 5.56 Å². The second-order valence-corrected chi connectivity index (χ2v) is 7.45. The average molecular weight is 445 g/mol. The van der Waals surface area contributed by atoms with E-state index in [-0.39, 0.29) is 5.91 Å². The van der Waals surface area contributed by atoms with Crippen molar-refractivity contribution in [2.45, 2.75) is 0 Å². The lowest BCUT2D eigenvalue weighted by Crippen LogP contribution is -2.11. The highest BCUT2D eigenvalue weighted by molar-refractivity contribution is 14.1. The molecule has 0 fully saturated rings. The van der Waals surface area contributed by atoms with Crippen LogP contribution in [0.3, 0.4) is 0 Å². The Kier molecular flexibility index (Phi) is 4.07. The van der Waals surface area contributed by atoms with Crippen molar-refractivity contribution < 1.29 is 4.79 Å². The molecule has 0 radical (unpaired) electrons. The van der Waals surface area contributed by atoms with Gasteiger partial charge >= 0.3 is 0 Å². The molecule has 2 aromatic heterocycles. The van der Waals surface area contributed by atoms with Gasteiger partial charge in [0.1, 0.15) is 5.82 Å². The first-order valence-electron chi connectivity index (χ1n) is 7.29. The summed E-state index contributed by atoms with van der Waals surface area (Å²) in [6.07, 6.45) is 0. The van der Waals surface area contributed by atoms with Crippen LogP contribution in [0.1, 0.15) is 10.4 Å². The number of nitrogens with one attached hydrogen (secondary N) is 2. The van der Waals surface area contributed by atoms with E-state index >= 15 is 0 Å². The highest BCUT2D eigenvalue weighted by atomic mass is 127. The van der Waals surface area contributed by atoms with Crippen LogP contribution in [0.25, 0.3) is 21.7 Å². The molecule has 118 valence electrons. The van der Waals surface area contributed by atoms with Crippen molar-refractivity contribution in [2.24, 2.45) is 0 Å². The summed E-state index contributed by atoms with van der Waals surface area (Å²) < 4.78 is 1.10. The number of aromatic amines is 1. The first-order chi connectivity index (χ1) is 11.7. The molecule has 0 spiro atoms. The Morgan fingerprint density at radius 1 is 1.12 bits per heavy atom. The third-order valence-electron chi connectivity index (χ3n) is 3.60. The zero-order valence-corrected chi connectivity index (χ0v) is 15.4. The van der Waals surface area contributed by atoms with Crippen LogP contribution >= 0.6 is 33.9 Å². The molecule has 0 unspecified atom stereocenters. The van der Waals surface area contributed by atoms with E-state index in [1.165, 1.54) is 0 Å². The number of carbonyl (C=O) groups excluding carboxylic acids is 1. The standard InChI is InChI=1S/C18H12IN3OS/c19-12-5-3-11(4-6-12)18(23)20-13-7-8-14-15(10-13)22-17(21-14)16-2-1-9-24-16/h1-10H,(H,20,23)(H,21,22). The highest BCUT2D eigenvalue weighted by Crippen LogP contribution is 2.26. The molecule has 2 heterocycles. The highest BCUT2D eigenvalue weighted by Gasteiger charge is 2.09. The van der Waals surface area contributed by atoms with E-state index in [1.807, 2.05) is 60.0 Å². The van der Waals surface area contributed by atoms with Crippen LogP contribution in [-0.4, -0.2) is 15.9 Å². The quantitative estimate of drug-likeness (QED) is 0.429. The van der Waals surface area contributed by atoms with Gasteiger partial charge in [0.2, 0.25) is 0 Å². The number of benzene rings is 2.